The molecule has 0 bridgehead atoms. The SMILES string of the molecule is CC(C)NC(=O)O[C@@H]1CC[C@H](c2cc(Nc3nc(C(F)(F)F)cn4nc(COC(F)(F)F)cc34)n[nH]2)[C@H]1F. The lowest BCUT2D eigenvalue weighted by Gasteiger charge is -2.18. The number of alkyl halides is 7. The van der Waals surface area contributed by atoms with E-state index in [1.54, 1.807) is 13.8 Å². The number of hydrogen-bond donors (Lipinski definition) is 3. The number of alkyl carbamates (subject to hydrolysis) is 1. The van der Waals surface area contributed by atoms with Crippen LogP contribution in [-0.2, 0) is 22.3 Å². The van der Waals surface area contributed by atoms with Crippen molar-refractivity contribution in [3.8, 4) is 0 Å². The standard InChI is InChI=1S/C21H22F7N7O3/c1-9(2)29-19(36)38-14-4-3-11(17(14)22)12-6-16(33-32-12)31-18-13-5-10(8-37-21(26,27)28)34-35(13)7-15(30-18)20(23,24)25/h5-7,9,11,14,17H,3-4,8H2,1-2H3,(H,29,36)(H2,30,31,32,33)/t11-,14-,17-/m1/s1. The summed E-state index contributed by atoms with van der Waals surface area (Å²) in [5, 5.41) is 15.3. The molecule has 1 saturated carbocycles. The predicted octanol–water partition coefficient (Wildman–Crippen LogP) is 4.97. The summed E-state index contributed by atoms with van der Waals surface area (Å²) >= 11 is 0. The first-order chi connectivity index (χ1) is 17.7. The van der Waals surface area contributed by atoms with Crippen LogP contribution in [-0.4, -0.2) is 55.6 Å². The van der Waals surface area contributed by atoms with Crippen molar-refractivity contribution in [3.05, 3.63) is 35.4 Å². The van der Waals surface area contributed by atoms with Crippen LogP contribution in [0.25, 0.3) is 5.52 Å². The predicted molar refractivity (Wildman–Crippen MR) is 116 cm³/mol. The highest BCUT2D eigenvalue weighted by Gasteiger charge is 2.41. The third-order valence-corrected chi connectivity index (χ3v) is 5.59. The van der Waals surface area contributed by atoms with Crippen molar-refractivity contribution < 1.29 is 45.0 Å². The van der Waals surface area contributed by atoms with E-state index >= 15 is 4.39 Å². The van der Waals surface area contributed by atoms with E-state index in [1.165, 1.54) is 6.07 Å². The second-order valence-electron chi connectivity index (χ2n) is 8.88. The Balaban J connectivity index is 1.54. The molecule has 0 radical (unpaired) electrons. The molecule has 1 fully saturated rings. The quantitative estimate of drug-likeness (QED) is 0.354. The van der Waals surface area contributed by atoms with Crippen LogP contribution in [0.1, 0.15) is 49.7 Å². The summed E-state index contributed by atoms with van der Waals surface area (Å²) in [6.07, 6.45) is -12.1. The van der Waals surface area contributed by atoms with Crippen LogP contribution in [0.2, 0.25) is 0 Å². The molecule has 3 aromatic rings. The number of nitrogens with one attached hydrogen (secondary N) is 3. The number of fused-ring (bicyclic) bond motifs is 1. The fraction of sp³-hybridized carbons (Fsp3) is 0.524. The molecule has 4 rings (SSSR count). The number of hydrogen-bond acceptors (Lipinski definition) is 7. The maximum Gasteiger partial charge on any atom is 0.522 e. The first-order valence-corrected chi connectivity index (χ1v) is 11.3. The molecule has 0 aromatic carbocycles. The molecule has 1 aliphatic carbocycles. The van der Waals surface area contributed by atoms with E-state index in [4.69, 9.17) is 4.74 Å². The summed E-state index contributed by atoms with van der Waals surface area (Å²) in [5.74, 6) is -1.17. The van der Waals surface area contributed by atoms with Gasteiger partial charge >= 0.3 is 18.6 Å². The van der Waals surface area contributed by atoms with Gasteiger partial charge in [0, 0.05) is 23.7 Å². The van der Waals surface area contributed by atoms with Crippen molar-refractivity contribution in [3.63, 3.8) is 0 Å². The summed E-state index contributed by atoms with van der Waals surface area (Å²) < 4.78 is 102. The molecule has 0 spiro atoms. The van der Waals surface area contributed by atoms with E-state index in [0.29, 0.717) is 18.3 Å². The smallest absolute Gasteiger partial charge is 0.443 e. The van der Waals surface area contributed by atoms with Gasteiger partial charge in [-0.1, -0.05) is 0 Å². The Bertz CT molecular complexity index is 1290. The monoisotopic (exact) mass is 553 g/mol. The van der Waals surface area contributed by atoms with Crippen LogP contribution in [0, 0.1) is 0 Å². The average molecular weight is 553 g/mol. The minimum Gasteiger partial charge on any atom is -0.443 e. The molecule has 3 heterocycles. The molecular weight excluding hydrogens is 531 g/mol. The van der Waals surface area contributed by atoms with E-state index in [0.717, 1.165) is 10.6 Å². The van der Waals surface area contributed by atoms with Crippen LogP contribution in [0.5, 0.6) is 0 Å². The van der Waals surface area contributed by atoms with E-state index in [1.807, 2.05) is 0 Å². The van der Waals surface area contributed by atoms with Gasteiger partial charge in [0.2, 0.25) is 0 Å². The molecule has 0 aliphatic heterocycles. The first-order valence-electron chi connectivity index (χ1n) is 11.3. The van der Waals surface area contributed by atoms with Gasteiger partial charge in [-0.15, -0.1) is 13.2 Å². The first kappa shape index (κ1) is 27.4. The van der Waals surface area contributed by atoms with Gasteiger partial charge in [0.15, 0.2) is 17.3 Å². The third-order valence-electron chi connectivity index (χ3n) is 5.59. The average Bonchev–Trinajstić information content (AvgIpc) is 3.50. The fourth-order valence-corrected chi connectivity index (χ4v) is 3.99. The van der Waals surface area contributed by atoms with Gasteiger partial charge in [-0.05, 0) is 32.8 Å². The Morgan fingerprint density at radius 2 is 1.95 bits per heavy atom. The Morgan fingerprint density at radius 3 is 2.61 bits per heavy atom. The number of H-pyrrole nitrogens is 1. The lowest BCUT2D eigenvalue weighted by molar-refractivity contribution is -0.330. The normalized spacial score (nSPS) is 20.3. The van der Waals surface area contributed by atoms with Gasteiger partial charge < -0.3 is 15.4 Å². The summed E-state index contributed by atoms with van der Waals surface area (Å²) in [6, 6.07) is 2.24. The molecule has 1 amide bonds. The highest BCUT2D eigenvalue weighted by Crippen LogP contribution is 2.39. The molecule has 1 aliphatic rings. The molecule has 3 aromatic heterocycles. The topological polar surface area (TPSA) is 118 Å². The summed E-state index contributed by atoms with van der Waals surface area (Å²) in [4.78, 5) is 15.3. The van der Waals surface area contributed by atoms with E-state index in [2.05, 4.69) is 35.7 Å². The van der Waals surface area contributed by atoms with Gasteiger partial charge in [0.25, 0.3) is 0 Å². The maximum atomic E-state index is 15.0. The highest BCUT2D eigenvalue weighted by atomic mass is 19.4. The van der Waals surface area contributed by atoms with Gasteiger partial charge in [-0.2, -0.15) is 23.4 Å². The second kappa shape index (κ2) is 10.3. The van der Waals surface area contributed by atoms with Crippen molar-refractivity contribution in [1.82, 2.24) is 30.1 Å². The van der Waals surface area contributed by atoms with Crippen molar-refractivity contribution in [2.45, 2.75) is 70.1 Å². The molecule has 3 atom stereocenters. The zero-order valence-electron chi connectivity index (χ0n) is 19.8. The Labute approximate surface area is 209 Å². The minimum absolute atomic E-state index is 0.0304. The lowest BCUT2D eigenvalue weighted by atomic mass is 10.0. The van der Waals surface area contributed by atoms with Crippen LogP contribution in [0.3, 0.4) is 0 Å². The summed E-state index contributed by atoms with van der Waals surface area (Å²) in [7, 11) is 0. The summed E-state index contributed by atoms with van der Waals surface area (Å²) in [5.41, 5.74) is -1.45. The number of halogens is 7. The molecule has 3 N–H and O–H groups in total. The number of anilines is 2. The van der Waals surface area contributed by atoms with Crippen LogP contribution < -0.4 is 10.6 Å². The lowest BCUT2D eigenvalue weighted by Crippen LogP contribution is -2.36. The van der Waals surface area contributed by atoms with Crippen molar-refractivity contribution in [1.29, 1.82) is 0 Å². The Kier molecular flexibility index (Phi) is 7.40. The van der Waals surface area contributed by atoms with Crippen molar-refractivity contribution in [2.24, 2.45) is 0 Å². The number of aromatic amines is 1. The number of carbonyl (C=O) groups excluding carboxylic acids is 1. The van der Waals surface area contributed by atoms with Crippen LogP contribution in [0.15, 0.2) is 18.3 Å². The molecule has 0 saturated heterocycles. The summed E-state index contributed by atoms with van der Waals surface area (Å²) in [6.45, 7) is 2.41. The Morgan fingerprint density at radius 1 is 1.21 bits per heavy atom. The number of carbonyl (C=O) groups is 1. The number of amides is 1. The number of ether oxygens (including phenoxy) is 2. The highest BCUT2D eigenvalue weighted by molar-refractivity contribution is 5.72. The number of nitrogens with zero attached hydrogens (tertiary/aromatic N) is 4. The zero-order chi connectivity index (χ0) is 27.8. The molecule has 17 heteroatoms. The van der Waals surface area contributed by atoms with Gasteiger partial charge in [0.1, 0.15) is 24.4 Å². The van der Waals surface area contributed by atoms with Gasteiger partial charge in [-0.25, -0.2) is 18.7 Å². The van der Waals surface area contributed by atoms with E-state index in [-0.39, 0.29) is 29.5 Å². The zero-order valence-corrected chi connectivity index (χ0v) is 19.8. The number of rotatable bonds is 7. The minimum atomic E-state index is -4.96. The van der Waals surface area contributed by atoms with Crippen LogP contribution >= 0.6 is 0 Å². The largest absolute Gasteiger partial charge is 0.522 e. The van der Waals surface area contributed by atoms with Gasteiger partial charge in [0.05, 0.1) is 11.9 Å². The molecule has 10 nitrogen and oxygen atoms in total. The molecule has 0 unspecified atom stereocenters. The van der Waals surface area contributed by atoms with Crippen molar-refractivity contribution in [2.75, 3.05) is 5.32 Å². The third kappa shape index (κ3) is 6.43. The van der Waals surface area contributed by atoms with E-state index in [9.17, 15) is 31.1 Å². The Hall–Kier alpha value is -3.63. The second-order valence-corrected chi connectivity index (χ2v) is 8.88. The maximum absolute atomic E-state index is 15.0. The fourth-order valence-electron chi connectivity index (χ4n) is 3.99. The number of aromatic nitrogens is 5. The molecule has 208 valence electrons. The van der Waals surface area contributed by atoms with E-state index < -0.39 is 54.9 Å². The molecule has 38 heavy (non-hydrogen) atoms. The molecular formula is C21H22F7N7O3. The van der Waals surface area contributed by atoms with Crippen molar-refractivity contribution >= 4 is 23.2 Å². The van der Waals surface area contributed by atoms with Crippen LogP contribution in [0.4, 0.5) is 47.2 Å². The van der Waals surface area contributed by atoms with Gasteiger partial charge in [-0.3, -0.25) is 9.84 Å².